The number of nitrogens with zero attached hydrogens (tertiary/aromatic N) is 2. The molecule has 0 aromatic heterocycles. The van der Waals surface area contributed by atoms with Crippen LogP contribution in [0, 0.1) is 22.7 Å². The minimum absolute atomic E-state index is 0.0295. The highest BCUT2D eigenvalue weighted by Gasteiger charge is 2.51. The van der Waals surface area contributed by atoms with Crippen LogP contribution in [0.4, 0.5) is 0 Å². The minimum Gasteiger partial charge on any atom is -0.465 e. The maximum Gasteiger partial charge on any atom is 0.316 e. The number of nitrogens with two attached hydrogens (primary N) is 2. The molecule has 1 fully saturated rings. The molecule has 2 aliphatic rings. The third-order valence-electron chi connectivity index (χ3n) is 4.57. The van der Waals surface area contributed by atoms with Gasteiger partial charge in [-0.05, 0) is 19.8 Å². The van der Waals surface area contributed by atoms with Crippen LogP contribution in [0.1, 0.15) is 39.0 Å². The molecule has 7 nitrogen and oxygen atoms in total. The van der Waals surface area contributed by atoms with Crippen LogP contribution in [0.15, 0.2) is 16.4 Å². The molecule has 8 heteroatoms. The average molecular weight is 350 g/mol. The molecule has 0 saturated heterocycles. The van der Waals surface area contributed by atoms with E-state index >= 15 is 0 Å². The van der Waals surface area contributed by atoms with Crippen molar-refractivity contribution in [2.45, 2.75) is 39.0 Å². The zero-order valence-electron chi connectivity index (χ0n) is 13.7. The van der Waals surface area contributed by atoms with E-state index in [0.717, 1.165) is 31.0 Å². The number of carbonyl (C=O) groups excluding carboxylic acids is 2. The van der Waals surface area contributed by atoms with Crippen LogP contribution in [0.25, 0.3) is 0 Å². The quantitative estimate of drug-likeness (QED) is 0.737. The summed E-state index contributed by atoms with van der Waals surface area (Å²) < 4.78 is 4.91. The number of hydrogen-bond acceptors (Lipinski definition) is 7. The normalized spacial score (nSPS) is 22.7. The molecule has 1 saturated carbocycles. The first-order chi connectivity index (χ1) is 11.5. The van der Waals surface area contributed by atoms with Gasteiger partial charge in [-0.3, -0.25) is 9.59 Å². The molecule has 0 aromatic carbocycles. The monoisotopic (exact) mass is 350 g/mol. The SMILES string of the molecule is CCOC(=O)CSC1=NC(N)=C(C#N)C2(CCCCC2)[C@H]1C(N)=O. The number of primary amides is 1. The van der Waals surface area contributed by atoms with Crippen molar-refractivity contribution >= 4 is 28.7 Å². The molecule has 1 heterocycles. The number of nitriles is 1. The highest BCUT2D eigenvalue weighted by atomic mass is 32.2. The second kappa shape index (κ2) is 7.71. The van der Waals surface area contributed by atoms with Crippen LogP contribution in [0.5, 0.6) is 0 Å². The Morgan fingerprint density at radius 2 is 2.08 bits per heavy atom. The Morgan fingerprint density at radius 1 is 1.42 bits per heavy atom. The predicted molar refractivity (Wildman–Crippen MR) is 91.6 cm³/mol. The molecule has 0 aromatic rings. The molecule has 4 N–H and O–H groups in total. The summed E-state index contributed by atoms with van der Waals surface area (Å²) in [5, 5.41) is 9.97. The standard InChI is InChI=1S/C16H22N4O3S/c1-2-23-11(21)9-24-15-12(14(19)22)16(6-4-3-5-7-16)10(8-17)13(18)20-15/h12H,2-7,9,18H2,1H3,(H2,19,22)/t12-/m0/s1. The van der Waals surface area contributed by atoms with Gasteiger partial charge in [-0.25, -0.2) is 4.99 Å². The summed E-state index contributed by atoms with van der Waals surface area (Å²) in [6.45, 7) is 2.01. The van der Waals surface area contributed by atoms with E-state index in [1.807, 2.05) is 0 Å². The molecular weight excluding hydrogens is 328 g/mol. The number of amides is 1. The van der Waals surface area contributed by atoms with E-state index in [0.29, 0.717) is 23.5 Å². The summed E-state index contributed by atoms with van der Waals surface area (Å²) in [4.78, 5) is 28.1. The third-order valence-corrected chi connectivity index (χ3v) is 5.57. The van der Waals surface area contributed by atoms with E-state index in [4.69, 9.17) is 16.2 Å². The predicted octanol–water partition coefficient (Wildman–Crippen LogP) is 1.44. The Morgan fingerprint density at radius 3 is 2.62 bits per heavy atom. The Hall–Kier alpha value is -2.01. The molecule has 0 radical (unpaired) electrons. The number of allylic oxidation sites excluding steroid dienone is 1. The first-order valence-corrected chi connectivity index (χ1v) is 9.01. The summed E-state index contributed by atoms with van der Waals surface area (Å²) in [6.07, 6.45) is 4.19. The van der Waals surface area contributed by atoms with Crippen molar-refractivity contribution in [2.24, 2.45) is 27.8 Å². The number of hydrogen-bond donors (Lipinski definition) is 2. The fraction of sp³-hybridized carbons (Fsp3) is 0.625. The number of thioether (sulfide) groups is 1. The zero-order valence-corrected chi connectivity index (χ0v) is 14.5. The largest absolute Gasteiger partial charge is 0.465 e. The first-order valence-electron chi connectivity index (χ1n) is 8.03. The molecule has 0 unspecified atom stereocenters. The number of esters is 1. The highest BCUT2D eigenvalue weighted by molar-refractivity contribution is 8.14. The molecule has 1 aliphatic carbocycles. The van der Waals surface area contributed by atoms with Crippen molar-refractivity contribution in [1.82, 2.24) is 0 Å². The molecular formula is C16H22N4O3S. The van der Waals surface area contributed by atoms with Gasteiger partial charge in [-0.1, -0.05) is 31.0 Å². The van der Waals surface area contributed by atoms with Gasteiger partial charge in [0.2, 0.25) is 5.91 Å². The fourth-order valence-corrected chi connectivity index (χ4v) is 4.63. The van der Waals surface area contributed by atoms with Gasteiger partial charge in [0.15, 0.2) is 0 Å². The van der Waals surface area contributed by atoms with Gasteiger partial charge in [-0.2, -0.15) is 5.26 Å². The Balaban J connectivity index is 2.38. The Kier molecular flexibility index (Phi) is 5.89. The van der Waals surface area contributed by atoms with Crippen LogP contribution >= 0.6 is 11.8 Å². The van der Waals surface area contributed by atoms with Crippen LogP contribution in [0.3, 0.4) is 0 Å². The van der Waals surface area contributed by atoms with Crippen LogP contribution < -0.4 is 11.5 Å². The zero-order chi connectivity index (χ0) is 17.7. The van der Waals surface area contributed by atoms with Crippen molar-refractivity contribution in [1.29, 1.82) is 5.26 Å². The number of aliphatic imine (C=N–C) groups is 1. The molecule has 1 aliphatic heterocycles. The lowest BCUT2D eigenvalue weighted by Crippen LogP contribution is -2.48. The molecule has 130 valence electrons. The van der Waals surface area contributed by atoms with Gasteiger partial charge in [0.25, 0.3) is 0 Å². The van der Waals surface area contributed by atoms with Gasteiger partial charge < -0.3 is 16.2 Å². The first kappa shape index (κ1) is 18.3. The van der Waals surface area contributed by atoms with Crippen molar-refractivity contribution in [2.75, 3.05) is 12.4 Å². The lowest BCUT2D eigenvalue weighted by molar-refractivity contribution is -0.139. The lowest BCUT2D eigenvalue weighted by Gasteiger charge is -2.44. The summed E-state index contributed by atoms with van der Waals surface area (Å²) in [5.41, 5.74) is 11.3. The van der Waals surface area contributed by atoms with Gasteiger partial charge in [0.05, 0.1) is 35.0 Å². The lowest BCUT2D eigenvalue weighted by atomic mass is 9.61. The van der Waals surface area contributed by atoms with Crippen LogP contribution in [0.2, 0.25) is 0 Å². The summed E-state index contributed by atoms with van der Waals surface area (Å²) in [6, 6.07) is 2.14. The fourth-order valence-electron chi connectivity index (χ4n) is 3.61. The van der Waals surface area contributed by atoms with E-state index in [9.17, 15) is 14.9 Å². The highest BCUT2D eigenvalue weighted by Crippen LogP contribution is 2.52. The molecule has 1 atom stereocenters. The molecule has 24 heavy (non-hydrogen) atoms. The summed E-state index contributed by atoms with van der Waals surface area (Å²) >= 11 is 1.12. The van der Waals surface area contributed by atoms with E-state index in [1.54, 1.807) is 6.92 Å². The van der Waals surface area contributed by atoms with E-state index < -0.39 is 17.2 Å². The topological polar surface area (TPSA) is 132 Å². The minimum atomic E-state index is -0.723. The third kappa shape index (κ3) is 3.41. The van der Waals surface area contributed by atoms with Crippen LogP contribution in [-0.4, -0.2) is 29.3 Å². The van der Waals surface area contributed by atoms with E-state index in [-0.39, 0.29) is 24.2 Å². The van der Waals surface area contributed by atoms with Crippen molar-refractivity contribution in [3.05, 3.63) is 11.4 Å². The second-order valence-electron chi connectivity index (χ2n) is 5.97. The molecule has 1 spiro atoms. The maximum absolute atomic E-state index is 12.2. The van der Waals surface area contributed by atoms with Crippen LogP contribution in [-0.2, 0) is 14.3 Å². The summed E-state index contributed by atoms with van der Waals surface area (Å²) in [5.74, 6) is -1.49. The van der Waals surface area contributed by atoms with Gasteiger partial charge >= 0.3 is 5.97 Å². The number of rotatable bonds is 4. The smallest absolute Gasteiger partial charge is 0.316 e. The second-order valence-corrected chi connectivity index (χ2v) is 6.96. The van der Waals surface area contributed by atoms with E-state index in [2.05, 4.69) is 11.1 Å². The molecule has 0 bridgehead atoms. The van der Waals surface area contributed by atoms with Gasteiger partial charge in [0.1, 0.15) is 5.82 Å². The Labute approximate surface area is 145 Å². The van der Waals surface area contributed by atoms with Gasteiger partial charge in [-0.15, -0.1) is 0 Å². The number of ether oxygens (including phenoxy) is 1. The maximum atomic E-state index is 12.2. The summed E-state index contributed by atoms with van der Waals surface area (Å²) in [7, 11) is 0. The van der Waals surface area contributed by atoms with Crippen molar-refractivity contribution in [3.8, 4) is 6.07 Å². The van der Waals surface area contributed by atoms with Gasteiger partial charge in [0, 0.05) is 5.41 Å². The Bertz CT molecular complexity index is 630. The van der Waals surface area contributed by atoms with Crippen molar-refractivity contribution in [3.63, 3.8) is 0 Å². The molecule has 2 rings (SSSR count). The van der Waals surface area contributed by atoms with E-state index in [1.165, 1.54) is 0 Å². The average Bonchev–Trinajstić information content (AvgIpc) is 2.53. The number of carbonyl (C=O) groups is 2. The van der Waals surface area contributed by atoms with Crippen molar-refractivity contribution < 1.29 is 14.3 Å². The molecule has 1 amide bonds.